The first kappa shape index (κ1) is 29.7. The second kappa shape index (κ2) is 9.39. The molecular formula is C35H56. The Morgan fingerprint density at radius 2 is 0.771 bits per heavy atom. The second-order valence-electron chi connectivity index (χ2n) is 16.2. The molecule has 0 aromatic heterocycles. The van der Waals surface area contributed by atoms with Crippen LogP contribution in [0.5, 0.6) is 0 Å². The third-order valence-corrected chi connectivity index (χ3v) is 7.50. The Morgan fingerprint density at radius 1 is 0.457 bits per heavy atom. The first-order valence-electron chi connectivity index (χ1n) is 13.8. The molecule has 0 aliphatic carbocycles. The van der Waals surface area contributed by atoms with Gasteiger partial charge in [-0.3, -0.25) is 0 Å². The summed E-state index contributed by atoms with van der Waals surface area (Å²) in [5, 5.41) is 0. The van der Waals surface area contributed by atoms with E-state index in [1.165, 1.54) is 33.4 Å². The molecule has 1 atom stereocenters. The zero-order chi connectivity index (χ0) is 27.4. The van der Waals surface area contributed by atoms with Crippen LogP contribution in [0.25, 0.3) is 0 Å². The summed E-state index contributed by atoms with van der Waals surface area (Å²) in [6.45, 7) is 37.8. The van der Waals surface area contributed by atoms with Gasteiger partial charge in [-0.1, -0.05) is 141 Å². The van der Waals surface area contributed by atoms with Crippen molar-refractivity contribution in [3.8, 4) is 0 Å². The van der Waals surface area contributed by atoms with Crippen molar-refractivity contribution < 1.29 is 0 Å². The van der Waals surface area contributed by atoms with Gasteiger partial charge in [-0.25, -0.2) is 0 Å². The molecule has 2 rings (SSSR count). The third kappa shape index (κ3) is 7.24. The molecule has 0 N–H and O–H groups in total. The average molecular weight is 477 g/mol. The topological polar surface area (TPSA) is 0 Å². The number of rotatable bonds is 3. The lowest BCUT2D eigenvalue weighted by Gasteiger charge is -2.35. The molecule has 0 heteroatoms. The van der Waals surface area contributed by atoms with Gasteiger partial charge in [0, 0.05) is 0 Å². The van der Waals surface area contributed by atoms with Crippen molar-refractivity contribution in [3.63, 3.8) is 0 Å². The van der Waals surface area contributed by atoms with E-state index in [4.69, 9.17) is 0 Å². The van der Waals surface area contributed by atoms with Gasteiger partial charge in [-0.2, -0.15) is 0 Å². The summed E-state index contributed by atoms with van der Waals surface area (Å²) in [4.78, 5) is 0. The minimum Gasteiger partial charge on any atom is -0.0581 e. The zero-order valence-electron chi connectivity index (χ0n) is 26.2. The molecule has 0 radical (unpaired) electrons. The predicted molar refractivity (Wildman–Crippen MR) is 159 cm³/mol. The Morgan fingerprint density at radius 3 is 1.06 bits per heavy atom. The largest absolute Gasteiger partial charge is 0.0581 e. The van der Waals surface area contributed by atoms with E-state index in [1.807, 2.05) is 0 Å². The molecule has 2 aromatic rings. The van der Waals surface area contributed by atoms with Crippen molar-refractivity contribution in [2.24, 2.45) is 0 Å². The molecule has 2 aromatic carbocycles. The number of benzene rings is 2. The summed E-state index contributed by atoms with van der Waals surface area (Å²) in [7, 11) is 0. The minimum atomic E-state index is 0.0974. The molecular weight excluding hydrogens is 420 g/mol. The molecule has 1 unspecified atom stereocenters. The van der Waals surface area contributed by atoms with Gasteiger partial charge in [0.25, 0.3) is 0 Å². The van der Waals surface area contributed by atoms with Crippen LogP contribution >= 0.6 is 0 Å². The van der Waals surface area contributed by atoms with Crippen LogP contribution in [0.4, 0.5) is 0 Å². The Labute approximate surface area is 219 Å². The lowest BCUT2D eigenvalue weighted by Crippen LogP contribution is -2.25. The molecule has 0 saturated heterocycles. The molecule has 0 nitrogen and oxygen atoms in total. The molecule has 0 fully saturated rings. The van der Waals surface area contributed by atoms with Gasteiger partial charge < -0.3 is 0 Å². The van der Waals surface area contributed by atoms with E-state index in [1.54, 1.807) is 5.56 Å². The molecule has 35 heavy (non-hydrogen) atoms. The van der Waals surface area contributed by atoms with Crippen LogP contribution in [0.3, 0.4) is 0 Å². The maximum Gasteiger partial charge on any atom is -0.0129 e. The van der Waals surface area contributed by atoms with Crippen molar-refractivity contribution in [1.29, 1.82) is 0 Å². The Balaban J connectivity index is 2.77. The maximum atomic E-state index is 2.52. The fraction of sp³-hybridized carbons (Fsp3) is 0.657. The van der Waals surface area contributed by atoms with Crippen molar-refractivity contribution in [3.05, 3.63) is 69.3 Å². The Kier molecular flexibility index (Phi) is 7.96. The number of hydrogen-bond acceptors (Lipinski definition) is 0. The average Bonchev–Trinajstić information content (AvgIpc) is 2.63. The monoisotopic (exact) mass is 476 g/mol. The normalized spacial score (nSPS) is 14.9. The van der Waals surface area contributed by atoms with Gasteiger partial charge in [0.15, 0.2) is 0 Å². The lowest BCUT2D eigenvalue weighted by atomic mass is 9.70. The minimum absolute atomic E-state index is 0.0974. The quantitative estimate of drug-likeness (QED) is 0.413. The van der Waals surface area contributed by atoms with E-state index in [9.17, 15) is 0 Å². The van der Waals surface area contributed by atoms with Crippen LogP contribution in [-0.2, 0) is 33.5 Å². The molecule has 0 spiro atoms. The van der Waals surface area contributed by atoms with Crippen molar-refractivity contribution in [2.75, 3.05) is 0 Å². The first-order chi connectivity index (χ1) is 15.4. The highest BCUT2D eigenvalue weighted by molar-refractivity contribution is 5.49. The molecule has 196 valence electrons. The standard InChI is InChI=1S/C35H56/c1-23(24-18-25(31(2,3)4)20-26(19-24)32(5,6)7)17-28-29(34(11,12)13)21-27(33(8,9)10)22-30(28)35(14,15)16/h18-23H,17H2,1-16H3. The molecule has 0 saturated carbocycles. The van der Waals surface area contributed by atoms with E-state index in [0.717, 1.165) is 6.42 Å². The second-order valence-corrected chi connectivity index (χ2v) is 16.2. The Bertz CT molecular complexity index is 961. The van der Waals surface area contributed by atoms with E-state index < -0.39 is 0 Å². The molecule has 0 aliphatic heterocycles. The first-order valence-corrected chi connectivity index (χ1v) is 13.8. The summed E-state index contributed by atoms with van der Waals surface area (Å²) in [6, 6.07) is 12.4. The van der Waals surface area contributed by atoms with Gasteiger partial charge in [0.05, 0.1) is 0 Å². The summed E-state index contributed by atoms with van der Waals surface area (Å²) >= 11 is 0. The molecule has 0 amide bonds. The van der Waals surface area contributed by atoms with Crippen LogP contribution in [0.1, 0.15) is 156 Å². The fourth-order valence-electron chi connectivity index (χ4n) is 4.89. The summed E-state index contributed by atoms with van der Waals surface area (Å²) in [5.41, 5.74) is 11.0. The highest BCUT2D eigenvalue weighted by Crippen LogP contribution is 2.41. The summed E-state index contributed by atoms with van der Waals surface area (Å²) in [5.74, 6) is 0.445. The third-order valence-electron chi connectivity index (χ3n) is 7.50. The van der Waals surface area contributed by atoms with Crippen molar-refractivity contribution in [2.45, 2.75) is 150 Å². The number of hydrogen-bond donors (Lipinski definition) is 0. The van der Waals surface area contributed by atoms with E-state index >= 15 is 0 Å². The van der Waals surface area contributed by atoms with Crippen LogP contribution in [0.15, 0.2) is 30.3 Å². The van der Waals surface area contributed by atoms with Gasteiger partial charge in [-0.15, -0.1) is 0 Å². The fourth-order valence-corrected chi connectivity index (χ4v) is 4.89. The van der Waals surface area contributed by atoms with Crippen LogP contribution in [0, 0.1) is 0 Å². The highest BCUT2D eigenvalue weighted by Gasteiger charge is 2.30. The van der Waals surface area contributed by atoms with Crippen molar-refractivity contribution >= 4 is 0 Å². The summed E-state index contributed by atoms with van der Waals surface area (Å²) < 4.78 is 0. The maximum absolute atomic E-state index is 2.52. The highest BCUT2D eigenvalue weighted by atomic mass is 14.3. The predicted octanol–water partition coefficient (Wildman–Crippen LogP) is 10.5. The Hall–Kier alpha value is -1.56. The molecule has 0 bridgehead atoms. The van der Waals surface area contributed by atoms with E-state index in [-0.39, 0.29) is 27.1 Å². The van der Waals surface area contributed by atoms with Gasteiger partial charge in [0.2, 0.25) is 0 Å². The molecule has 0 heterocycles. The SMILES string of the molecule is CC(Cc1c(C(C)(C)C)cc(C(C)(C)C)cc1C(C)(C)C)c1cc(C(C)(C)C)cc(C(C)(C)C)c1. The van der Waals surface area contributed by atoms with E-state index in [0.29, 0.717) is 5.92 Å². The van der Waals surface area contributed by atoms with E-state index in [2.05, 4.69) is 141 Å². The van der Waals surface area contributed by atoms with Crippen molar-refractivity contribution in [1.82, 2.24) is 0 Å². The van der Waals surface area contributed by atoms with Gasteiger partial charge in [0.1, 0.15) is 0 Å². The van der Waals surface area contributed by atoms with Crippen LogP contribution in [-0.4, -0.2) is 0 Å². The van der Waals surface area contributed by atoms with Crippen LogP contribution < -0.4 is 0 Å². The smallest absolute Gasteiger partial charge is 0.0129 e. The van der Waals surface area contributed by atoms with Gasteiger partial charge >= 0.3 is 0 Å². The summed E-state index contributed by atoms with van der Waals surface area (Å²) in [6.07, 6.45) is 1.07. The van der Waals surface area contributed by atoms with Crippen LogP contribution in [0.2, 0.25) is 0 Å². The lowest BCUT2D eigenvalue weighted by molar-refractivity contribution is 0.532. The molecule has 0 aliphatic rings. The zero-order valence-corrected chi connectivity index (χ0v) is 26.2. The van der Waals surface area contributed by atoms with Gasteiger partial charge in [-0.05, 0) is 78.4 Å².